The van der Waals surface area contributed by atoms with Crippen molar-refractivity contribution >= 4 is 55.8 Å². The van der Waals surface area contributed by atoms with Gasteiger partial charge in [0.15, 0.2) is 11.6 Å². The second-order valence-electron chi connectivity index (χ2n) is 7.30. The Morgan fingerprint density at radius 3 is 2.23 bits per heavy atom. The third-order valence-electron chi connectivity index (χ3n) is 5.42. The highest BCUT2D eigenvalue weighted by molar-refractivity contribution is 6.36. The Morgan fingerprint density at radius 1 is 0.645 bits per heavy atom. The van der Waals surface area contributed by atoms with E-state index in [2.05, 4.69) is 15.5 Å². The second-order valence-corrected chi connectivity index (χ2v) is 7.70. The average Bonchev–Trinajstić information content (AvgIpc) is 3.22. The van der Waals surface area contributed by atoms with E-state index in [9.17, 15) is 0 Å². The molecule has 31 heavy (non-hydrogen) atoms. The van der Waals surface area contributed by atoms with Crippen molar-refractivity contribution in [2.75, 3.05) is 5.32 Å². The maximum atomic E-state index is 6.43. The lowest BCUT2D eigenvalue weighted by Gasteiger charge is -2.12. The summed E-state index contributed by atoms with van der Waals surface area (Å²) in [5, 5.41) is 15.6. The van der Waals surface area contributed by atoms with Crippen LogP contribution in [0.3, 0.4) is 0 Å². The molecular weight excluding hydrogens is 406 g/mol. The quantitative estimate of drug-likeness (QED) is 0.332. The molecular formula is C25H16ClN5. The molecule has 0 saturated carbocycles. The van der Waals surface area contributed by atoms with Gasteiger partial charge in [-0.2, -0.15) is 5.10 Å². The zero-order valence-electron chi connectivity index (χ0n) is 16.3. The van der Waals surface area contributed by atoms with Gasteiger partial charge in [0.2, 0.25) is 0 Å². The summed E-state index contributed by atoms with van der Waals surface area (Å²) in [6.45, 7) is 0. The van der Waals surface area contributed by atoms with Gasteiger partial charge in [0.25, 0.3) is 0 Å². The van der Waals surface area contributed by atoms with Gasteiger partial charge >= 0.3 is 0 Å². The van der Waals surface area contributed by atoms with Crippen molar-refractivity contribution < 1.29 is 0 Å². The smallest absolute Gasteiger partial charge is 0.162 e. The number of anilines is 2. The number of nitrogens with zero attached hydrogens (tertiary/aromatic N) is 3. The number of H-pyrrole nitrogens is 1. The molecule has 0 fully saturated rings. The molecule has 6 aromatic rings. The molecule has 6 rings (SSSR count). The number of benzene rings is 4. The summed E-state index contributed by atoms with van der Waals surface area (Å²) in [4.78, 5) is 9.77. The van der Waals surface area contributed by atoms with Gasteiger partial charge in [-0.05, 0) is 41.8 Å². The molecule has 0 spiro atoms. The van der Waals surface area contributed by atoms with Crippen LogP contribution in [0.25, 0.3) is 44.0 Å². The first-order chi connectivity index (χ1) is 15.3. The average molecular weight is 422 g/mol. The fourth-order valence-corrected chi connectivity index (χ4v) is 4.15. The van der Waals surface area contributed by atoms with E-state index in [0.717, 1.165) is 44.0 Å². The summed E-state index contributed by atoms with van der Waals surface area (Å²) in [6.07, 6.45) is 0. The van der Waals surface area contributed by atoms with Crippen LogP contribution in [-0.2, 0) is 0 Å². The zero-order chi connectivity index (χ0) is 20.8. The molecule has 0 aliphatic rings. The highest BCUT2D eigenvalue weighted by atomic mass is 35.5. The predicted molar refractivity (Wildman–Crippen MR) is 127 cm³/mol. The number of hydrogen-bond acceptors (Lipinski definition) is 4. The molecule has 0 radical (unpaired) electrons. The van der Waals surface area contributed by atoms with Gasteiger partial charge in [-0.1, -0.05) is 60.1 Å². The van der Waals surface area contributed by atoms with Crippen molar-refractivity contribution in [2.45, 2.75) is 0 Å². The lowest BCUT2D eigenvalue weighted by atomic mass is 10.0. The SMILES string of the molecule is Clc1ccc(-c2nc(Nc3n[nH]c4ccccc34)c3ccccc3n2)c2ccccc12. The molecule has 5 nitrogen and oxygen atoms in total. The zero-order valence-corrected chi connectivity index (χ0v) is 17.1. The van der Waals surface area contributed by atoms with E-state index in [-0.39, 0.29) is 0 Å². The van der Waals surface area contributed by atoms with Crippen molar-refractivity contribution in [3.8, 4) is 11.4 Å². The summed E-state index contributed by atoms with van der Waals surface area (Å²) < 4.78 is 0. The summed E-state index contributed by atoms with van der Waals surface area (Å²) in [5.41, 5.74) is 2.75. The minimum atomic E-state index is 0.633. The maximum absolute atomic E-state index is 6.43. The number of halogens is 1. The van der Waals surface area contributed by atoms with Crippen LogP contribution in [0, 0.1) is 0 Å². The largest absolute Gasteiger partial charge is 0.322 e. The molecule has 2 N–H and O–H groups in total. The first-order valence-corrected chi connectivity index (χ1v) is 10.3. The van der Waals surface area contributed by atoms with E-state index in [0.29, 0.717) is 16.7 Å². The first kappa shape index (κ1) is 17.9. The van der Waals surface area contributed by atoms with Crippen molar-refractivity contribution in [1.29, 1.82) is 0 Å². The number of rotatable bonds is 3. The topological polar surface area (TPSA) is 66.5 Å². The van der Waals surface area contributed by atoms with Crippen molar-refractivity contribution in [3.05, 3.63) is 90.0 Å². The van der Waals surface area contributed by atoms with Gasteiger partial charge in [0.05, 0.1) is 11.0 Å². The number of aromatic nitrogens is 4. The first-order valence-electron chi connectivity index (χ1n) is 9.92. The van der Waals surface area contributed by atoms with E-state index >= 15 is 0 Å². The Morgan fingerprint density at radius 2 is 1.35 bits per heavy atom. The number of hydrogen-bond donors (Lipinski definition) is 2. The molecule has 6 heteroatoms. The standard InChI is InChI=1S/C25H16ClN5/c26-20-14-13-17(15-7-1-2-8-16(15)20)23-27-21-11-5-3-9-18(21)24(28-23)29-25-19-10-4-6-12-22(19)30-31-25/h1-14H,(H2,27,28,29,30,31). The molecule has 2 aromatic heterocycles. The van der Waals surface area contributed by atoms with Gasteiger partial charge in [-0.25, -0.2) is 9.97 Å². The van der Waals surface area contributed by atoms with E-state index < -0.39 is 0 Å². The van der Waals surface area contributed by atoms with Gasteiger partial charge in [-0.15, -0.1) is 0 Å². The number of fused-ring (bicyclic) bond motifs is 3. The monoisotopic (exact) mass is 421 g/mol. The molecule has 0 unspecified atom stereocenters. The van der Waals surface area contributed by atoms with Crippen LogP contribution in [0.15, 0.2) is 84.9 Å². The van der Waals surface area contributed by atoms with Crippen molar-refractivity contribution in [1.82, 2.24) is 20.2 Å². The Balaban J connectivity index is 1.57. The fourth-order valence-electron chi connectivity index (χ4n) is 3.92. The number of nitrogens with one attached hydrogen (secondary N) is 2. The molecule has 0 amide bonds. The van der Waals surface area contributed by atoms with Crippen LogP contribution >= 0.6 is 11.6 Å². The Bertz CT molecular complexity index is 1590. The van der Waals surface area contributed by atoms with Crippen LogP contribution in [0.1, 0.15) is 0 Å². The van der Waals surface area contributed by atoms with E-state index in [1.165, 1.54) is 0 Å². The number of para-hydroxylation sites is 2. The van der Waals surface area contributed by atoms with Crippen LogP contribution in [0.2, 0.25) is 5.02 Å². The third kappa shape index (κ3) is 2.98. The molecule has 0 bridgehead atoms. The summed E-state index contributed by atoms with van der Waals surface area (Å²) in [7, 11) is 0. The van der Waals surface area contributed by atoms with Crippen molar-refractivity contribution in [3.63, 3.8) is 0 Å². The number of aromatic amines is 1. The minimum absolute atomic E-state index is 0.633. The lowest BCUT2D eigenvalue weighted by Crippen LogP contribution is -2.00. The summed E-state index contributed by atoms with van der Waals surface area (Å²) in [5.74, 6) is 2.07. The van der Waals surface area contributed by atoms with E-state index in [1.807, 2.05) is 84.9 Å². The highest BCUT2D eigenvalue weighted by Crippen LogP contribution is 2.34. The van der Waals surface area contributed by atoms with Gasteiger partial charge < -0.3 is 5.32 Å². The molecule has 0 atom stereocenters. The van der Waals surface area contributed by atoms with Gasteiger partial charge in [-0.3, -0.25) is 5.10 Å². The van der Waals surface area contributed by atoms with Gasteiger partial charge in [0, 0.05) is 26.7 Å². The summed E-state index contributed by atoms with van der Waals surface area (Å²) >= 11 is 6.43. The molecule has 2 heterocycles. The Labute approximate surface area is 182 Å². The normalized spacial score (nSPS) is 11.4. The van der Waals surface area contributed by atoms with Crippen molar-refractivity contribution in [2.24, 2.45) is 0 Å². The highest BCUT2D eigenvalue weighted by Gasteiger charge is 2.14. The lowest BCUT2D eigenvalue weighted by molar-refractivity contribution is 1.11. The molecule has 4 aromatic carbocycles. The van der Waals surface area contributed by atoms with Crippen LogP contribution in [0.4, 0.5) is 11.6 Å². The third-order valence-corrected chi connectivity index (χ3v) is 5.75. The van der Waals surface area contributed by atoms with Crippen LogP contribution in [-0.4, -0.2) is 20.2 Å². The van der Waals surface area contributed by atoms with E-state index in [1.54, 1.807) is 0 Å². The second kappa shape index (κ2) is 7.07. The maximum Gasteiger partial charge on any atom is 0.162 e. The van der Waals surface area contributed by atoms with Crippen LogP contribution in [0.5, 0.6) is 0 Å². The molecule has 0 saturated heterocycles. The summed E-state index contributed by atoms with van der Waals surface area (Å²) in [6, 6.07) is 27.9. The fraction of sp³-hybridized carbons (Fsp3) is 0. The molecule has 148 valence electrons. The van der Waals surface area contributed by atoms with Gasteiger partial charge in [0.1, 0.15) is 5.82 Å². The molecule has 0 aliphatic heterocycles. The van der Waals surface area contributed by atoms with E-state index in [4.69, 9.17) is 21.6 Å². The predicted octanol–water partition coefficient (Wildman–Crippen LogP) is 6.72. The van der Waals surface area contributed by atoms with Crippen LogP contribution < -0.4 is 5.32 Å². The Kier molecular flexibility index (Phi) is 4.08. The Hall–Kier alpha value is -3.96. The molecule has 0 aliphatic carbocycles. The minimum Gasteiger partial charge on any atom is -0.322 e.